The van der Waals surface area contributed by atoms with Gasteiger partial charge in [-0.1, -0.05) is 31.4 Å². The van der Waals surface area contributed by atoms with Gasteiger partial charge >= 0.3 is 0 Å². The van der Waals surface area contributed by atoms with E-state index in [0.29, 0.717) is 0 Å². The second-order valence-electron chi connectivity index (χ2n) is 5.88. The number of nitrogens with zero attached hydrogens (tertiary/aromatic N) is 1. The molecule has 1 atom stereocenters. The van der Waals surface area contributed by atoms with Crippen LogP contribution in [0.4, 0.5) is 4.39 Å². The molecule has 0 amide bonds. The SMILES string of the molecule is CN(CC1CCCCC1)CC(N)c1ccc(F)cc1. The highest BCUT2D eigenvalue weighted by atomic mass is 19.1. The molecule has 3 heteroatoms. The summed E-state index contributed by atoms with van der Waals surface area (Å²) in [7, 11) is 2.14. The van der Waals surface area contributed by atoms with Gasteiger partial charge in [0.1, 0.15) is 5.82 Å². The number of likely N-dealkylation sites (N-methyl/N-ethyl adjacent to an activating group) is 1. The molecule has 0 radical (unpaired) electrons. The molecule has 106 valence electrons. The van der Waals surface area contributed by atoms with Crippen LogP contribution >= 0.6 is 0 Å². The summed E-state index contributed by atoms with van der Waals surface area (Å²) >= 11 is 0. The molecule has 1 aliphatic carbocycles. The van der Waals surface area contributed by atoms with Gasteiger partial charge in [0.15, 0.2) is 0 Å². The normalized spacial score (nSPS) is 18.7. The number of hydrogen-bond acceptors (Lipinski definition) is 2. The molecule has 0 saturated heterocycles. The minimum absolute atomic E-state index is 0.0332. The molecule has 1 aromatic rings. The van der Waals surface area contributed by atoms with Crippen LogP contribution in [0.15, 0.2) is 24.3 Å². The van der Waals surface area contributed by atoms with Gasteiger partial charge in [0, 0.05) is 19.1 Å². The van der Waals surface area contributed by atoms with Gasteiger partial charge in [-0.3, -0.25) is 0 Å². The number of rotatable bonds is 5. The maximum absolute atomic E-state index is 12.9. The Hall–Kier alpha value is -0.930. The van der Waals surface area contributed by atoms with Crippen LogP contribution in [-0.2, 0) is 0 Å². The number of nitrogens with two attached hydrogens (primary N) is 1. The molecule has 1 saturated carbocycles. The van der Waals surface area contributed by atoms with Crippen molar-refractivity contribution >= 4 is 0 Å². The summed E-state index contributed by atoms with van der Waals surface area (Å²) in [5.74, 6) is 0.630. The summed E-state index contributed by atoms with van der Waals surface area (Å²) in [5.41, 5.74) is 7.20. The molecule has 19 heavy (non-hydrogen) atoms. The second kappa shape index (κ2) is 7.01. The molecule has 2 N–H and O–H groups in total. The number of hydrogen-bond donors (Lipinski definition) is 1. The lowest BCUT2D eigenvalue weighted by molar-refractivity contribution is 0.224. The van der Waals surface area contributed by atoms with E-state index in [4.69, 9.17) is 5.73 Å². The van der Waals surface area contributed by atoms with Gasteiger partial charge in [0.2, 0.25) is 0 Å². The molecule has 2 nitrogen and oxygen atoms in total. The Morgan fingerprint density at radius 1 is 1.21 bits per heavy atom. The zero-order chi connectivity index (χ0) is 13.7. The standard InChI is InChI=1S/C16H25FN2/c1-19(11-13-5-3-2-4-6-13)12-16(18)14-7-9-15(17)10-8-14/h7-10,13,16H,2-6,11-12,18H2,1H3. The number of halogens is 1. The lowest BCUT2D eigenvalue weighted by Crippen LogP contribution is -2.33. The average Bonchev–Trinajstić information content (AvgIpc) is 2.40. The highest BCUT2D eigenvalue weighted by Gasteiger charge is 2.17. The van der Waals surface area contributed by atoms with Crippen molar-refractivity contribution in [3.8, 4) is 0 Å². The summed E-state index contributed by atoms with van der Waals surface area (Å²) in [5, 5.41) is 0. The summed E-state index contributed by atoms with van der Waals surface area (Å²) in [6.07, 6.45) is 6.87. The Morgan fingerprint density at radius 3 is 2.47 bits per heavy atom. The molecule has 1 unspecified atom stereocenters. The van der Waals surface area contributed by atoms with Gasteiger partial charge in [-0.05, 0) is 43.5 Å². The zero-order valence-corrected chi connectivity index (χ0v) is 11.8. The molecule has 1 fully saturated rings. The van der Waals surface area contributed by atoms with Crippen molar-refractivity contribution in [3.63, 3.8) is 0 Å². The zero-order valence-electron chi connectivity index (χ0n) is 11.8. The first kappa shape index (κ1) is 14.5. The summed E-state index contributed by atoms with van der Waals surface area (Å²) in [4.78, 5) is 2.32. The maximum atomic E-state index is 12.9. The molecule has 0 heterocycles. The van der Waals surface area contributed by atoms with Crippen LogP contribution in [0.3, 0.4) is 0 Å². The predicted octanol–water partition coefficient (Wildman–Crippen LogP) is 3.34. The molecule has 1 aromatic carbocycles. The quantitative estimate of drug-likeness (QED) is 0.884. The van der Waals surface area contributed by atoms with Crippen LogP contribution in [0.2, 0.25) is 0 Å². The van der Waals surface area contributed by atoms with Crippen LogP contribution in [0, 0.1) is 11.7 Å². The molecule has 1 aliphatic rings. The van der Waals surface area contributed by atoms with Gasteiger partial charge < -0.3 is 10.6 Å². The van der Waals surface area contributed by atoms with Gasteiger partial charge in [-0.15, -0.1) is 0 Å². The van der Waals surface area contributed by atoms with Crippen LogP contribution in [-0.4, -0.2) is 25.0 Å². The molecule has 0 bridgehead atoms. The van der Waals surface area contributed by atoms with Crippen LogP contribution in [0.5, 0.6) is 0 Å². The van der Waals surface area contributed by atoms with E-state index in [9.17, 15) is 4.39 Å². The van der Waals surface area contributed by atoms with Crippen LogP contribution in [0.25, 0.3) is 0 Å². The third-order valence-electron chi connectivity index (χ3n) is 4.10. The lowest BCUT2D eigenvalue weighted by Gasteiger charge is -2.28. The number of benzene rings is 1. The molecule has 0 spiro atoms. The van der Waals surface area contributed by atoms with Gasteiger partial charge in [0.05, 0.1) is 0 Å². The highest BCUT2D eigenvalue weighted by molar-refractivity contribution is 5.19. The van der Waals surface area contributed by atoms with E-state index in [-0.39, 0.29) is 11.9 Å². The van der Waals surface area contributed by atoms with E-state index in [1.54, 1.807) is 12.1 Å². The minimum atomic E-state index is -0.202. The third-order valence-corrected chi connectivity index (χ3v) is 4.10. The van der Waals surface area contributed by atoms with Gasteiger partial charge in [0.25, 0.3) is 0 Å². The first-order chi connectivity index (χ1) is 9.15. The van der Waals surface area contributed by atoms with E-state index < -0.39 is 0 Å². The van der Waals surface area contributed by atoms with Crippen molar-refractivity contribution < 1.29 is 4.39 Å². The van der Waals surface area contributed by atoms with E-state index in [0.717, 1.165) is 24.6 Å². The molecular formula is C16H25FN2. The Bertz CT molecular complexity index is 371. The smallest absolute Gasteiger partial charge is 0.123 e. The van der Waals surface area contributed by atoms with E-state index in [1.807, 2.05) is 0 Å². The molecule has 0 aromatic heterocycles. The Kier molecular flexibility index (Phi) is 5.34. The third kappa shape index (κ3) is 4.59. The Balaban J connectivity index is 1.80. The van der Waals surface area contributed by atoms with Crippen molar-refractivity contribution in [2.45, 2.75) is 38.1 Å². The second-order valence-corrected chi connectivity index (χ2v) is 5.88. The molecule has 0 aliphatic heterocycles. The fourth-order valence-electron chi connectivity index (χ4n) is 3.04. The monoisotopic (exact) mass is 264 g/mol. The van der Waals surface area contributed by atoms with E-state index >= 15 is 0 Å². The summed E-state index contributed by atoms with van der Waals surface area (Å²) in [6, 6.07) is 6.50. The first-order valence-corrected chi connectivity index (χ1v) is 7.35. The minimum Gasteiger partial charge on any atom is -0.323 e. The topological polar surface area (TPSA) is 29.3 Å². The summed E-state index contributed by atoms with van der Waals surface area (Å²) in [6.45, 7) is 1.97. The van der Waals surface area contributed by atoms with Crippen molar-refractivity contribution in [1.82, 2.24) is 4.90 Å². The highest BCUT2D eigenvalue weighted by Crippen LogP contribution is 2.24. The van der Waals surface area contributed by atoms with Crippen molar-refractivity contribution in [3.05, 3.63) is 35.6 Å². The van der Waals surface area contributed by atoms with E-state index in [1.165, 1.54) is 44.2 Å². The average molecular weight is 264 g/mol. The fourth-order valence-corrected chi connectivity index (χ4v) is 3.04. The maximum Gasteiger partial charge on any atom is 0.123 e. The Morgan fingerprint density at radius 2 is 1.84 bits per heavy atom. The Labute approximate surface area is 115 Å². The van der Waals surface area contributed by atoms with Crippen molar-refractivity contribution in [1.29, 1.82) is 0 Å². The van der Waals surface area contributed by atoms with Gasteiger partial charge in [-0.2, -0.15) is 0 Å². The first-order valence-electron chi connectivity index (χ1n) is 7.35. The molecular weight excluding hydrogens is 239 g/mol. The van der Waals surface area contributed by atoms with Crippen molar-refractivity contribution in [2.75, 3.05) is 20.1 Å². The summed E-state index contributed by atoms with van der Waals surface area (Å²) < 4.78 is 12.9. The fraction of sp³-hybridized carbons (Fsp3) is 0.625. The largest absolute Gasteiger partial charge is 0.323 e. The van der Waals surface area contributed by atoms with Crippen LogP contribution in [0.1, 0.15) is 43.7 Å². The van der Waals surface area contributed by atoms with Crippen LogP contribution < -0.4 is 5.73 Å². The lowest BCUT2D eigenvalue weighted by atomic mass is 9.89. The van der Waals surface area contributed by atoms with E-state index in [2.05, 4.69) is 11.9 Å². The van der Waals surface area contributed by atoms with Gasteiger partial charge in [-0.25, -0.2) is 4.39 Å². The predicted molar refractivity (Wildman–Crippen MR) is 77.4 cm³/mol. The molecule has 2 rings (SSSR count). The van der Waals surface area contributed by atoms with Crippen molar-refractivity contribution in [2.24, 2.45) is 11.7 Å².